The molecule has 1 unspecified atom stereocenters. The fraction of sp³-hybridized carbons (Fsp3) is 0.333. The molecule has 0 amide bonds. The van der Waals surface area contributed by atoms with Crippen molar-refractivity contribution in [2.24, 2.45) is 5.73 Å². The third-order valence-corrected chi connectivity index (χ3v) is 1.55. The topological polar surface area (TPSA) is 96.2 Å². The molecule has 13 heavy (non-hydrogen) atoms. The van der Waals surface area contributed by atoms with Gasteiger partial charge in [-0.3, -0.25) is 5.73 Å². The molecule has 0 bridgehead atoms. The Balaban J connectivity index is 3.14. The number of aromatic nitrogens is 2. The zero-order valence-electron chi connectivity index (χ0n) is 7.01. The predicted octanol–water partition coefficient (Wildman–Crippen LogP) is -0.159. The van der Waals surface area contributed by atoms with E-state index in [1.54, 1.807) is 0 Å². The molecule has 1 radical (unpaired) electrons. The summed E-state index contributed by atoms with van der Waals surface area (Å²) in [7, 11) is 1.30. The average Bonchev–Trinajstić information content (AvgIpc) is 2.52. The summed E-state index contributed by atoms with van der Waals surface area (Å²) < 4.78 is 5.79. The fourth-order valence-corrected chi connectivity index (χ4v) is 0.824. The van der Waals surface area contributed by atoms with Crippen LogP contribution in [-0.2, 0) is 10.6 Å². The molecule has 1 aromatic heterocycles. The average molecular weight is 185 g/mol. The van der Waals surface area contributed by atoms with E-state index in [1.165, 1.54) is 19.5 Å². The van der Waals surface area contributed by atoms with Gasteiger partial charge in [0, 0.05) is 14.0 Å². The van der Waals surface area contributed by atoms with Gasteiger partial charge in [-0.1, -0.05) is 4.98 Å². The van der Waals surface area contributed by atoms with Gasteiger partial charge in [0.2, 0.25) is 5.85 Å². The van der Waals surface area contributed by atoms with Crippen molar-refractivity contribution < 1.29 is 9.66 Å². The van der Waals surface area contributed by atoms with Crippen molar-refractivity contribution in [1.82, 2.24) is 9.55 Å². The molecule has 1 rings (SSSR count). The van der Waals surface area contributed by atoms with Crippen LogP contribution in [0.3, 0.4) is 0 Å². The lowest BCUT2D eigenvalue weighted by Crippen LogP contribution is -2.42. The Morgan fingerprint density at radius 3 is 3.00 bits per heavy atom. The molecule has 0 aliphatic carbocycles. The summed E-state index contributed by atoms with van der Waals surface area (Å²) in [6, 6.07) is 0. The number of ether oxygens (including phenoxy) is 1. The van der Waals surface area contributed by atoms with Crippen molar-refractivity contribution >= 4 is 5.95 Å². The number of rotatable bonds is 3. The lowest BCUT2D eigenvalue weighted by Gasteiger charge is -2.20. The van der Waals surface area contributed by atoms with Crippen LogP contribution in [0.15, 0.2) is 12.4 Å². The Morgan fingerprint density at radius 1 is 1.92 bits per heavy atom. The summed E-state index contributed by atoms with van der Waals surface area (Å²) in [5.74, 6) is -1.90. The quantitative estimate of drug-likeness (QED) is 0.401. The molecule has 71 valence electrons. The molecular weight excluding hydrogens is 176 g/mol. The standard InChI is InChI=1S/C6H9N4O3/c1-6(7,13-2)9-4-3-8-5(9)10(11)12/h3-4H,1,7H2,2H3. The van der Waals surface area contributed by atoms with Gasteiger partial charge in [-0.15, -0.1) is 0 Å². The lowest BCUT2D eigenvalue weighted by molar-refractivity contribution is -0.399. The second kappa shape index (κ2) is 3.11. The molecule has 0 saturated heterocycles. The maximum Gasteiger partial charge on any atom is 0.438 e. The zero-order valence-corrected chi connectivity index (χ0v) is 7.01. The molecular formula is C6H9N4O3. The van der Waals surface area contributed by atoms with Gasteiger partial charge in [0.25, 0.3) is 0 Å². The SMILES string of the molecule is [CH2]C(N)(OC)n1ccnc1[N+](=O)[O-]. The minimum Gasteiger partial charge on any atom is -0.390 e. The molecule has 2 N–H and O–H groups in total. The molecule has 0 saturated carbocycles. The Labute approximate surface area is 74.3 Å². The summed E-state index contributed by atoms with van der Waals surface area (Å²) in [5.41, 5.74) is 5.51. The molecule has 0 fully saturated rings. The van der Waals surface area contributed by atoms with Crippen LogP contribution in [0.4, 0.5) is 5.95 Å². The van der Waals surface area contributed by atoms with E-state index in [0.29, 0.717) is 0 Å². The molecule has 0 aromatic carbocycles. The fourth-order valence-electron chi connectivity index (χ4n) is 0.824. The number of nitro groups is 1. The molecule has 0 spiro atoms. The summed E-state index contributed by atoms with van der Waals surface area (Å²) in [6.07, 6.45) is 2.58. The molecule has 1 aromatic rings. The first-order chi connectivity index (χ1) is 5.99. The van der Waals surface area contributed by atoms with E-state index in [9.17, 15) is 10.1 Å². The Kier molecular flexibility index (Phi) is 2.30. The lowest BCUT2D eigenvalue weighted by atomic mass is 10.5. The summed E-state index contributed by atoms with van der Waals surface area (Å²) in [5, 5.41) is 10.4. The summed E-state index contributed by atoms with van der Waals surface area (Å²) >= 11 is 0. The monoisotopic (exact) mass is 185 g/mol. The summed E-state index contributed by atoms with van der Waals surface area (Å²) in [6.45, 7) is 3.45. The predicted molar refractivity (Wildman–Crippen MR) is 43.4 cm³/mol. The highest BCUT2D eigenvalue weighted by molar-refractivity contribution is 5.10. The van der Waals surface area contributed by atoms with Crippen LogP contribution < -0.4 is 5.73 Å². The highest BCUT2D eigenvalue weighted by Crippen LogP contribution is 2.16. The van der Waals surface area contributed by atoms with Crippen molar-refractivity contribution in [2.45, 2.75) is 5.85 Å². The van der Waals surface area contributed by atoms with E-state index in [1.807, 2.05) is 0 Å². The normalized spacial score (nSPS) is 15.3. The van der Waals surface area contributed by atoms with E-state index < -0.39 is 16.7 Å². The van der Waals surface area contributed by atoms with Crippen LogP contribution in [-0.4, -0.2) is 21.6 Å². The third-order valence-electron chi connectivity index (χ3n) is 1.55. The number of hydrogen-bond acceptors (Lipinski definition) is 5. The molecule has 7 heteroatoms. The third kappa shape index (κ3) is 1.65. The van der Waals surface area contributed by atoms with E-state index in [2.05, 4.69) is 11.9 Å². The van der Waals surface area contributed by atoms with Crippen molar-refractivity contribution in [1.29, 1.82) is 0 Å². The van der Waals surface area contributed by atoms with Gasteiger partial charge in [0.05, 0.1) is 0 Å². The summed E-state index contributed by atoms with van der Waals surface area (Å²) in [4.78, 5) is 13.3. The molecule has 1 atom stereocenters. The maximum absolute atomic E-state index is 10.4. The van der Waals surface area contributed by atoms with Crippen molar-refractivity contribution in [3.63, 3.8) is 0 Å². The van der Waals surface area contributed by atoms with E-state index >= 15 is 0 Å². The van der Waals surface area contributed by atoms with Crippen LogP contribution in [0.1, 0.15) is 0 Å². The van der Waals surface area contributed by atoms with Crippen LogP contribution >= 0.6 is 0 Å². The van der Waals surface area contributed by atoms with E-state index in [-0.39, 0.29) is 0 Å². The zero-order chi connectivity index (χ0) is 10.1. The number of imidazole rings is 1. The van der Waals surface area contributed by atoms with Crippen LogP contribution in [0, 0.1) is 17.0 Å². The smallest absolute Gasteiger partial charge is 0.390 e. The first-order valence-electron chi connectivity index (χ1n) is 3.36. The van der Waals surface area contributed by atoms with Gasteiger partial charge in [-0.25, -0.2) is 0 Å². The van der Waals surface area contributed by atoms with Gasteiger partial charge in [0.15, 0.2) is 0 Å². The highest BCUT2D eigenvalue weighted by atomic mass is 16.6. The minimum absolute atomic E-state index is 0.403. The van der Waals surface area contributed by atoms with Gasteiger partial charge in [0.1, 0.15) is 12.4 Å². The first kappa shape index (κ1) is 9.62. The first-order valence-corrected chi connectivity index (χ1v) is 3.36. The molecule has 1 heterocycles. The van der Waals surface area contributed by atoms with Crippen molar-refractivity contribution in [2.75, 3.05) is 7.11 Å². The Morgan fingerprint density at radius 2 is 2.54 bits per heavy atom. The maximum atomic E-state index is 10.4. The van der Waals surface area contributed by atoms with Gasteiger partial charge in [-0.05, 0) is 4.92 Å². The van der Waals surface area contributed by atoms with Crippen molar-refractivity contribution in [3.05, 3.63) is 29.4 Å². The second-order valence-corrected chi connectivity index (χ2v) is 2.40. The van der Waals surface area contributed by atoms with Crippen LogP contribution in [0.5, 0.6) is 0 Å². The highest BCUT2D eigenvalue weighted by Gasteiger charge is 2.30. The van der Waals surface area contributed by atoms with Gasteiger partial charge in [-0.2, -0.15) is 4.57 Å². The number of nitrogens with zero attached hydrogens (tertiary/aromatic N) is 3. The Bertz CT molecular complexity index is 319. The molecule has 7 nitrogen and oxygen atoms in total. The molecule has 0 aliphatic heterocycles. The van der Waals surface area contributed by atoms with Crippen LogP contribution in [0.25, 0.3) is 0 Å². The number of methoxy groups -OCH3 is 1. The number of hydrogen-bond donors (Lipinski definition) is 1. The molecule has 0 aliphatic rings. The minimum atomic E-state index is -1.50. The van der Waals surface area contributed by atoms with Gasteiger partial charge < -0.3 is 14.9 Å². The van der Waals surface area contributed by atoms with E-state index in [4.69, 9.17) is 10.5 Å². The Hall–Kier alpha value is -1.47. The van der Waals surface area contributed by atoms with Gasteiger partial charge >= 0.3 is 5.95 Å². The second-order valence-electron chi connectivity index (χ2n) is 2.40. The van der Waals surface area contributed by atoms with Crippen LogP contribution in [0.2, 0.25) is 0 Å². The largest absolute Gasteiger partial charge is 0.438 e. The number of nitrogens with two attached hydrogens (primary N) is 1. The van der Waals surface area contributed by atoms with Crippen molar-refractivity contribution in [3.8, 4) is 0 Å². The van der Waals surface area contributed by atoms with E-state index in [0.717, 1.165) is 4.57 Å².